The molecule has 0 spiro atoms. The van der Waals surface area contributed by atoms with Crippen molar-refractivity contribution < 1.29 is 18.8 Å². The van der Waals surface area contributed by atoms with Crippen molar-refractivity contribution in [3.05, 3.63) is 35.6 Å². The summed E-state index contributed by atoms with van der Waals surface area (Å²) in [5.74, 6) is -1.88. The zero-order valence-electron chi connectivity index (χ0n) is 11.6. The molecule has 112 valence electrons. The Bertz CT molecular complexity index is 479. The van der Waals surface area contributed by atoms with Crippen LogP contribution >= 0.6 is 0 Å². The number of hydrogen-bond acceptors (Lipinski definition) is 4. The lowest BCUT2D eigenvalue weighted by Crippen LogP contribution is -2.49. The summed E-state index contributed by atoms with van der Waals surface area (Å²) in [5, 5.41) is 9.03. The van der Waals surface area contributed by atoms with E-state index < -0.39 is 40.0 Å². The number of rotatable bonds is 5. The van der Waals surface area contributed by atoms with E-state index in [9.17, 15) is 13.7 Å². The van der Waals surface area contributed by atoms with E-state index in [2.05, 4.69) is 4.72 Å². The molecule has 7 heteroatoms. The van der Waals surface area contributed by atoms with Gasteiger partial charge in [0, 0.05) is 16.9 Å². The lowest BCUT2D eigenvalue weighted by atomic mass is 10.0. The highest BCUT2D eigenvalue weighted by Gasteiger charge is 2.36. The topological polar surface area (TPSA) is 98.4 Å². The first-order valence-corrected chi connectivity index (χ1v) is 7.20. The number of carboxylic acid groups (broad SMARTS) is 1. The lowest BCUT2D eigenvalue weighted by molar-refractivity contribution is -0.139. The standard InChI is InChI=1S/C13H19FN2O3S/c1-13(2,3)20(19)16-11(10(15)12(17)18)8-6-4-5-7-9(8)14/h4-7,10-11,16H,15H2,1-3H3,(H,17,18)/t10?,11?,20-/m0/s1. The summed E-state index contributed by atoms with van der Waals surface area (Å²) in [4.78, 5) is 11.1. The summed E-state index contributed by atoms with van der Waals surface area (Å²) in [5.41, 5.74) is 5.67. The average molecular weight is 302 g/mol. The summed E-state index contributed by atoms with van der Waals surface area (Å²) in [6.45, 7) is 5.17. The van der Waals surface area contributed by atoms with E-state index in [1.165, 1.54) is 18.2 Å². The summed E-state index contributed by atoms with van der Waals surface area (Å²) in [7, 11) is 0. The number of carboxylic acids is 1. The van der Waals surface area contributed by atoms with Gasteiger partial charge < -0.3 is 15.4 Å². The molecule has 0 saturated carbocycles. The smallest absolute Gasteiger partial charge is 0.322 e. The van der Waals surface area contributed by atoms with E-state index in [1.54, 1.807) is 26.8 Å². The van der Waals surface area contributed by atoms with Crippen LogP contribution in [0, 0.1) is 5.82 Å². The molecule has 0 radical (unpaired) electrons. The van der Waals surface area contributed by atoms with Crippen LogP contribution in [0.15, 0.2) is 24.3 Å². The third-order valence-corrected chi connectivity index (χ3v) is 4.26. The van der Waals surface area contributed by atoms with Crippen molar-refractivity contribution >= 4 is 17.3 Å². The first-order valence-electron chi connectivity index (χ1n) is 6.05. The molecule has 1 rings (SSSR count). The van der Waals surface area contributed by atoms with Crippen molar-refractivity contribution in [1.29, 1.82) is 0 Å². The van der Waals surface area contributed by atoms with E-state index in [-0.39, 0.29) is 5.56 Å². The maximum Gasteiger partial charge on any atom is 0.322 e. The van der Waals surface area contributed by atoms with Crippen molar-refractivity contribution in [2.75, 3.05) is 0 Å². The van der Waals surface area contributed by atoms with Gasteiger partial charge in [0.2, 0.25) is 0 Å². The molecule has 0 amide bonds. The zero-order valence-corrected chi connectivity index (χ0v) is 12.4. The quantitative estimate of drug-likeness (QED) is 0.713. The van der Waals surface area contributed by atoms with Crippen LogP contribution in [0.2, 0.25) is 0 Å². The lowest BCUT2D eigenvalue weighted by Gasteiger charge is -2.29. The molecular formula is C13H19FN2O3S. The summed E-state index contributed by atoms with van der Waals surface area (Å²) < 4.78 is 27.9. The van der Waals surface area contributed by atoms with Crippen LogP contribution < -0.4 is 10.5 Å². The van der Waals surface area contributed by atoms with Crippen molar-refractivity contribution in [2.45, 2.75) is 37.6 Å². The SMILES string of the molecule is CC(C)(C)[S@+]([O-])NC(c1ccccc1F)C(N)C(=O)O. The van der Waals surface area contributed by atoms with Crippen LogP contribution in [0.3, 0.4) is 0 Å². The number of aliphatic carboxylic acids is 1. The Labute approximate surface area is 120 Å². The van der Waals surface area contributed by atoms with Gasteiger partial charge in [-0.25, -0.2) is 4.39 Å². The number of halogens is 1. The van der Waals surface area contributed by atoms with Gasteiger partial charge >= 0.3 is 5.97 Å². The molecule has 0 fully saturated rings. The fourth-order valence-corrected chi connectivity index (χ4v) is 2.35. The van der Waals surface area contributed by atoms with Gasteiger partial charge in [-0.15, -0.1) is 4.72 Å². The van der Waals surface area contributed by atoms with Crippen LogP contribution in [0.4, 0.5) is 4.39 Å². The molecule has 20 heavy (non-hydrogen) atoms. The third kappa shape index (κ3) is 4.17. The van der Waals surface area contributed by atoms with E-state index >= 15 is 0 Å². The monoisotopic (exact) mass is 302 g/mol. The Morgan fingerprint density at radius 3 is 2.45 bits per heavy atom. The van der Waals surface area contributed by atoms with E-state index in [0.29, 0.717) is 0 Å². The molecule has 2 unspecified atom stereocenters. The highest BCUT2D eigenvalue weighted by atomic mass is 32.2. The highest BCUT2D eigenvalue weighted by Crippen LogP contribution is 2.24. The minimum absolute atomic E-state index is 0.0833. The average Bonchev–Trinajstić information content (AvgIpc) is 2.34. The molecule has 0 bridgehead atoms. The molecule has 1 aromatic rings. The van der Waals surface area contributed by atoms with E-state index in [4.69, 9.17) is 10.8 Å². The fraction of sp³-hybridized carbons (Fsp3) is 0.462. The molecule has 0 aliphatic rings. The Balaban J connectivity index is 3.10. The highest BCUT2D eigenvalue weighted by molar-refractivity contribution is 7.90. The molecule has 0 saturated heterocycles. The van der Waals surface area contributed by atoms with Gasteiger partial charge in [0.15, 0.2) is 0 Å². The van der Waals surface area contributed by atoms with Crippen LogP contribution in [-0.2, 0) is 16.2 Å². The largest absolute Gasteiger partial charge is 0.598 e. The minimum Gasteiger partial charge on any atom is -0.598 e. The maximum atomic E-state index is 13.8. The van der Waals surface area contributed by atoms with E-state index in [1.807, 2.05) is 0 Å². The fourth-order valence-electron chi connectivity index (χ4n) is 1.49. The maximum absolute atomic E-state index is 13.8. The van der Waals surface area contributed by atoms with Gasteiger partial charge in [-0.3, -0.25) is 4.79 Å². The number of nitrogens with one attached hydrogen (secondary N) is 1. The second kappa shape index (κ2) is 6.53. The molecule has 5 nitrogen and oxygen atoms in total. The van der Waals surface area contributed by atoms with Gasteiger partial charge in [0.25, 0.3) is 0 Å². The Morgan fingerprint density at radius 1 is 1.45 bits per heavy atom. The van der Waals surface area contributed by atoms with Crippen molar-refractivity contribution in [1.82, 2.24) is 4.72 Å². The Kier molecular flexibility index (Phi) is 5.52. The van der Waals surface area contributed by atoms with Crippen LogP contribution in [-0.4, -0.2) is 26.4 Å². The van der Waals surface area contributed by atoms with Gasteiger partial charge in [0.1, 0.15) is 22.6 Å². The van der Waals surface area contributed by atoms with Gasteiger partial charge in [-0.1, -0.05) is 18.2 Å². The second-order valence-corrected chi connectivity index (χ2v) is 7.36. The van der Waals surface area contributed by atoms with Gasteiger partial charge in [-0.05, 0) is 26.8 Å². The molecule has 0 heterocycles. The Morgan fingerprint density at radius 2 is 2.00 bits per heavy atom. The first kappa shape index (κ1) is 16.9. The predicted molar refractivity (Wildman–Crippen MR) is 75.8 cm³/mol. The second-order valence-electron chi connectivity index (χ2n) is 5.36. The molecule has 3 atom stereocenters. The molecule has 0 aliphatic carbocycles. The summed E-state index contributed by atoms with van der Waals surface area (Å²) in [6.07, 6.45) is 0. The van der Waals surface area contributed by atoms with E-state index in [0.717, 1.165) is 0 Å². The number of benzene rings is 1. The molecule has 0 aromatic heterocycles. The van der Waals surface area contributed by atoms with Crippen molar-refractivity contribution in [2.24, 2.45) is 5.73 Å². The molecule has 1 aromatic carbocycles. The normalized spacial score (nSPS) is 16.5. The number of nitrogens with two attached hydrogens (primary N) is 1. The predicted octanol–water partition coefficient (Wildman–Crippen LogP) is 1.33. The first-order chi connectivity index (χ1) is 9.14. The minimum atomic E-state index is -1.57. The van der Waals surface area contributed by atoms with Crippen molar-refractivity contribution in [3.63, 3.8) is 0 Å². The van der Waals surface area contributed by atoms with Crippen molar-refractivity contribution in [3.8, 4) is 0 Å². The molecular weight excluding hydrogens is 283 g/mol. The summed E-state index contributed by atoms with van der Waals surface area (Å²) >= 11 is -1.57. The Hall–Kier alpha value is -1.15. The van der Waals surface area contributed by atoms with Crippen LogP contribution in [0.1, 0.15) is 32.4 Å². The third-order valence-electron chi connectivity index (χ3n) is 2.67. The van der Waals surface area contributed by atoms with Crippen LogP contribution in [0.5, 0.6) is 0 Å². The molecule has 4 N–H and O–H groups in total. The van der Waals surface area contributed by atoms with Gasteiger partial charge in [0.05, 0.1) is 0 Å². The van der Waals surface area contributed by atoms with Crippen LogP contribution in [0.25, 0.3) is 0 Å². The molecule has 0 aliphatic heterocycles. The van der Waals surface area contributed by atoms with Gasteiger partial charge in [-0.2, -0.15) is 0 Å². The zero-order chi connectivity index (χ0) is 15.5. The summed E-state index contributed by atoms with van der Waals surface area (Å²) in [6, 6.07) is 3.21. The number of hydrogen-bond donors (Lipinski definition) is 3. The number of carbonyl (C=O) groups is 1.